The van der Waals surface area contributed by atoms with Crippen molar-refractivity contribution in [3.63, 3.8) is 0 Å². The van der Waals surface area contributed by atoms with Gasteiger partial charge in [0.2, 0.25) is 0 Å². The molecule has 0 atom stereocenters. The van der Waals surface area contributed by atoms with Crippen LogP contribution in [0.15, 0.2) is 30.3 Å². The summed E-state index contributed by atoms with van der Waals surface area (Å²) in [5, 5.41) is 0. The van der Waals surface area contributed by atoms with Gasteiger partial charge in [0.1, 0.15) is 5.75 Å². The molecule has 0 bridgehead atoms. The highest BCUT2D eigenvalue weighted by molar-refractivity contribution is 6.17. The number of amides is 1. The molecule has 1 aliphatic rings. The van der Waals surface area contributed by atoms with Crippen molar-refractivity contribution >= 4 is 17.7 Å². The average Bonchev–Trinajstić information content (AvgIpc) is 2.41. The fourth-order valence-electron chi connectivity index (χ4n) is 2.21. The molecule has 4 heteroatoms. The first kappa shape index (κ1) is 13.2. The summed E-state index contributed by atoms with van der Waals surface area (Å²) >= 11 is 5.74. The first-order chi connectivity index (χ1) is 8.79. The van der Waals surface area contributed by atoms with Crippen LogP contribution in [-0.2, 0) is 0 Å². The van der Waals surface area contributed by atoms with Crippen molar-refractivity contribution in [3.05, 3.63) is 30.3 Å². The van der Waals surface area contributed by atoms with E-state index in [2.05, 4.69) is 0 Å². The fourth-order valence-corrected chi connectivity index (χ4v) is 2.52. The van der Waals surface area contributed by atoms with Crippen LogP contribution in [0.1, 0.15) is 19.3 Å². The molecule has 98 valence electrons. The molecule has 0 N–H and O–H groups in total. The van der Waals surface area contributed by atoms with Crippen LogP contribution in [-0.4, -0.2) is 30.0 Å². The largest absolute Gasteiger partial charge is 0.415 e. The van der Waals surface area contributed by atoms with Crippen molar-refractivity contribution in [1.82, 2.24) is 4.90 Å². The molecule has 1 amide bonds. The van der Waals surface area contributed by atoms with Gasteiger partial charge in [0.15, 0.2) is 0 Å². The van der Waals surface area contributed by atoms with E-state index in [9.17, 15) is 4.79 Å². The fraction of sp³-hybridized carbons (Fsp3) is 0.500. The topological polar surface area (TPSA) is 29.5 Å². The predicted molar refractivity (Wildman–Crippen MR) is 72.1 cm³/mol. The summed E-state index contributed by atoms with van der Waals surface area (Å²) in [5.41, 5.74) is 0. The molecular weight excluding hydrogens is 250 g/mol. The monoisotopic (exact) mass is 267 g/mol. The summed E-state index contributed by atoms with van der Waals surface area (Å²) in [5.74, 6) is 1.97. The summed E-state index contributed by atoms with van der Waals surface area (Å²) in [4.78, 5) is 13.7. The Morgan fingerprint density at radius 1 is 1.28 bits per heavy atom. The molecule has 1 aromatic carbocycles. The number of benzene rings is 1. The van der Waals surface area contributed by atoms with Crippen molar-refractivity contribution in [2.75, 3.05) is 19.0 Å². The number of halogens is 1. The third-order valence-electron chi connectivity index (χ3n) is 3.34. The lowest BCUT2D eigenvalue weighted by Crippen LogP contribution is -2.40. The highest BCUT2D eigenvalue weighted by Gasteiger charge is 2.23. The number of hydrogen-bond donors (Lipinski definition) is 0. The molecule has 1 aliphatic heterocycles. The Morgan fingerprint density at radius 3 is 2.56 bits per heavy atom. The van der Waals surface area contributed by atoms with Gasteiger partial charge in [0.05, 0.1) is 0 Å². The van der Waals surface area contributed by atoms with Crippen LogP contribution in [0, 0.1) is 5.92 Å². The maximum absolute atomic E-state index is 11.9. The highest BCUT2D eigenvalue weighted by atomic mass is 35.5. The molecule has 1 aromatic rings. The van der Waals surface area contributed by atoms with Crippen LogP contribution in [0.25, 0.3) is 0 Å². The molecule has 0 radical (unpaired) electrons. The Balaban J connectivity index is 1.81. The van der Waals surface area contributed by atoms with E-state index in [-0.39, 0.29) is 6.09 Å². The third-order valence-corrected chi connectivity index (χ3v) is 3.56. The number of likely N-dealkylation sites (tertiary alicyclic amines) is 1. The van der Waals surface area contributed by atoms with Gasteiger partial charge in [-0.15, -0.1) is 11.6 Å². The van der Waals surface area contributed by atoms with Crippen LogP contribution in [0.3, 0.4) is 0 Å². The Hall–Kier alpha value is -1.22. The zero-order valence-electron chi connectivity index (χ0n) is 10.3. The van der Waals surface area contributed by atoms with Gasteiger partial charge in [-0.25, -0.2) is 4.79 Å². The van der Waals surface area contributed by atoms with Crippen LogP contribution >= 0.6 is 11.6 Å². The van der Waals surface area contributed by atoms with E-state index in [0.717, 1.165) is 32.4 Å². The normalized spacial score (nSPS) is 16.6. The number of hydrogen-bond acceptors (Lipinski definition) is 2. The van der Waals surface area contributed by atoms with E-state index in [1.165, 1.54) is 0 Å². The second-order valence-corrected chi connectivity index (χ2v) is 4.97. The Labute approximate surface area is 113 Å². The Morgan fingerprint density at radius 2 is 1.94 bits per heavy atom. The Bertz CT molecular complexity index is 375. The summed E-state index contributed by atoms with van der Waals surface area (Å²) in [6.45, 7) is 1.54. The van der Waals surface area contributed by atoms with E-state index in [4.69, 9.17) is 16.3 Å². The number of carbonyl (C=O) groups is 1. The predicted octanol–water partition coefficient (Wildman–Crippen LogP) is 3.53. The lowest BCUT2D eigenvalue weighted by atomic mass is 9.95. The zero-order chi connectivity index (χ0) is 12.8. The van der Waals surface area contributed by atoms with Gasteiger partial charge >= 0.3 is 6.09 Å². The minimum absolute atomic E-state index is 0.245. The van der Waals surface area contributed by atoms with Gasteiger partial charge in [-0.2, -0.15) is 0 Å². The molecular formula is C14H18ClNO2. The summed E-state index contributed by atoms with van der Waals surface area (Å²) in [6.07, 6.45) is 2.85. The average molecular weight is 268 g/mol. The minimum atomic E-state index is -0.245. The van der Waals surface area contributed by atoms with Crippen molar-refractivity contribution < 1.29 is 9.53 Å². The number of ether oxygens (including phenoxy) is 1. The number of rotatable bonds is 3. The summed E-state index contributed by atoms with van der Waals surface area (Å²) in [7, 11) is 0. The molecule has 0 spiro atoms. The van der Waals surface area contributed by atoms with Crippen molar-refractivity contribution in [1.29, 1.82) is 0 Å². The standard InChI is InChI=1S/C14H18ClNO2/c15-9-6-12-7-10-16(11-8-12)14(17)18-13-4-2-1-3-5-13/h1-5,12H,6-11H2. The first-order valence-corrected chi connectivity index (χ1v) is 6.91. The summed E-state index contributed by atoms with van der Waals surface area (Å²) in [6, 6.07) is 9.19. The zero-order valence-corrected chi connectivity index (χ0v) is 11.1. The number of alkyl halides is 1. The van der Waals surface area contributed by atoms with E-state index in [1.54, 1.807) is 17.0 Å². The van der Waals surface area contributed by atoms with Gasteiger partial charge in [-0.1, -0.05) is 18.2 Å². The van der Waals surface area contributed by atoms with Gasteiger partial charge < -0.3 is 9.64 Å². The maximum atomic E-state index is 11.9. The van der Waals surface area contributed by atoms with Crippen LogP contribution in [0.4, 0.5) is 4.79 Å². The molecule has 1 saturated heterocycles. The van der Waals surface area contributed by atoms with Crippen LogP contribution < -0.4 is 4.74 Å². The van der Waals surface area contributed by atoms with Gasteiger partial charge in [-0.05, 0) is 37.3 Å². The quantitative estimate of drug-likeness (QED) is 0.784. The van der Waals surface area contributed by atoms with Crippen molar-refractivity contribution in [3.8, 4) is 5.75 Å². The third kappa shape index (κ3) is 3.64. The molecule has 1 heterocycles. The number of piperidine rings is 1. The minimum Gasteiger partial charge on any atom is -0.410 e. The van der Waals surface area contributed by atoms with E-state index in [1.807, 2.05) is 18.2 Å². The van der Waals surface area contributed by atoms with Crippen LogP contribution in [0.2, 0.25) is 0 Å². The molecule has 3 nitrogen and oxygen atoms in total. The van der Waals surface area contributed by atoms with Gasteiger partial charge in [0, 0.05) is 19.0 Å². The highest BCUT2D eigenvalue weighted by Crippen LogP contribution is 2.21. The SMILES string of the molecule is O=C(Oc1ccccc1)N1CCC(CCCl)CC1. The van der Waals surface area contributed by atoms with Gasteiger partial charge in [0.25, 0.3) is 0 Å². The van der Waals surface area contributed by atoms with Crippen molar-refractivity contribution in [2.24, 2.45) is 5.92 Å². The number of para-hydroxylation sites is 1. The van der Waals surface area contributed by atoms with Crippen LogP contribution in [0.5, 0.6) is 5.75 Å². The molecule has 0 unspecified atom stereocenters. The van der Waals surface area contributed by atoms with E-state index in [0.29, 0.717) is 17.5 Å². The molecule has 1 fully saturated rings. The smallest absolute Gasteiger partial charge is 0.410 e. The lowest BCUT2D eigenvalue weighted by Gasteiger charge is -2.30. The number of nitrogens with zero attached hydrogens (tertiary/aromatic N) is 1. The van der Waals surface area contributed by atoms with E-state index >= 15 is 0 Å². The molecule has 18 heavy (non-hydrogen) atoms. The molecule has 0 aromatic heterocycles. The number of carbonyl (C=O) groups excluding carboxylic acids is 1. The maximum Gasteiger partial charge on any atom is 0.415 e. The van der Waals surface area contributed by atoms with Crippen molar-refractivity contribution in [2.45, 2.75) is 19.3 Å². The van der Waals surface area contributed by atoms with Gasteiger partial charge in [-0.3, -0.25) is 0 Å². The second kappa shape index (κ2) is 6.64. The summed E-state index contributed by atoms with van der Waals surface area (Å²) < 4.78 is 5.31. The molecule has 2 rings (SSSR count). The lowest BCUT2D eigenvalue weighted by molar-refractivity contribution is 0.130. The molecule has 0 saturated carbocycles. The Kier molecular flexibility index (Phi) is 4.88. The molecule has 0 aliphatic carbocycles. The first-order valence-electron chi connectivity index (χ1n) is 6.37. The van der Waals surface area contributed by atoms with E-state index < -0.39 is 0 Å². The second-order valence-electron chi connectivity index (χ2n) is 4.59.